The molecule has 0 bridgehead atoms. The van der Waals surface area contributed by atoms with Gasteiger partial charge in [-0.05, 0) is 52.8 Å². The van der Waals surface area contributed by atoms with Gasteiger partial charge in [-0.3, -0.25) is 4.98 Å². The molecule has 0 radical (unpaired) electrons. The lowest BCUT2D eigenvalue weighted by atomic mass is 10.2. The van der Waals surface area contributed by atoms with E-state index in [9.17, 15) is 0 Å². The van der Waals surface area contributed by atoms with Crippen LogP contribution in [0.2, 0.25) is 0 Å². The fourth-order valence-corrected chi connectivity index (χ4v) is 2.34. The van der Waals surface area contributed by atoms with E-state index >= 15 is 0 Å². The van der Waals surface area contributed by atoms with E-state index in [0.29, 0.717) is 6.61 Å². The van der Waals surface area contributed by atoms with Crippen LogP contribution < -0.4 is 14.8 Å². The van der Waals surface area contributed by atoms with Gasteiger partial charge in [-0.2, -0.15) is 0 Å². The lowest BCUT2D eigenvalue weighted by Gasteiger charge is -2.09. The Hall–Kier alpha value is -1.59. The van der Waals surface area contributed by atoms with E-state index in [0.717, 1.165) is 33.8 Å². The molecule has 0 aliphatic carbocycles. The Morgan fingerprint density at radius 3 is 2.70 bits per heavy atom. The third-order valence-electron chi connectivity index (χ3n) is 2.78. The zero-order valence-electron chi connectivity index (χ0n) is 11.5. The van der Waals surface area contributed by atoms with Crippen molar-refractivity contribution in [3.63, 3.8) is 0 Å². The topological polar surface area (TPSA) is 43.4 Å². The van der Waals surface area contributed by atoms with Crippen LogP contribution >= 0.6 is 15.9 Å². The maximum atomic E-state index is 5.71. The van der Waals surface area contributed by atoms with Gasteiger partial charge in [0.05, 0.1) is 23.5 Å². The Morgan fingerprint density at radius 2 is 2.10 bits per heavy atom. The van der Waals surface area contributed by atoms with Gasteiger partial charge in [0, 0.05) is 6.54 Å². The number of methoxy groups -OCH3 is 1. The van der Waals surface area contributed by atoms with Gasteiger partial charge in [-0.25, -0.2) is 0 Å². The number of halogens is 1. The maximum absolute atomic E-state index is 5.71. The van der Waals surface area contributed by atoms with Crippen molar-refractivity contribution in [1.29, 1.82) is 0 Å². The van der Waals surface area contributed by atoms with Crippen LogP contribution in [0, 0.1) is 0 Å². The quantitative estimate of drug-likeness (QED) is 0.879. The molecular weight excluding hydrogens is 320 g/mol. The van der Waals surface area contributed by atoms with Crippen LogP contribution in [0.3, 0.4) is 0 Å². The molecular formula is C15H17BrN2O2. The van der Waals surface area contributed by atoms with Crippen molar-refractivity contribution in [2.24, 2.45) is 0 Å². The summed E-state index contributed by atoms with van der Waals surface area (Å²) in [6.07, 6.45) is 1.74. The summed E-state index contributed by atoms with van der Waals surface area (Å²) in [5.74, 6) is 1.57. The highest BCUT2D eigenvalue weighted by Gasteiger charge is 2.02. The largest absolute Gasteiger partial charge is 0.496 e. The number of rotatable bonds is 6. The molecule has 0 amide bonds. The molecule has 0 aliphatic heterocycles. The Balaban J connectivity index is 1.96. The number of nitrogens with zero attached hydrogens (tertiary/aromatic N) is 1. The maximum Gasteiger partial charge on any atom is 0.138 e. The number of ether oxygens (including phenoxy) is 2. The highest BCUT2D eigenvalue weighted by Crippen LogP contribution is 2.26. The van der Waals surface area contributed by atoms with Gasteiger partial charge in [-0.1, -0.05) is 6.07 Å². The van der Waals surface area contributed by atoms with Crippen molar-refractivity contribution >= 4 is 15.9 Å². The summed E-state index contributed by atoms with van der Waals surface area (Å²) < 4.78 is 11.8. The van der Waals surface area contributed by atoms with Gasteiger partial charge in [0.1, 0.15) is 18.1 Å². The fraction of sp³-hybridized carbons (Fsp3) is 0.267. The molecule has 0 unspecified atom stereocenters. The van der Waals surface area contributed by atoms with Crippen LogP contribution in [0.1, 0.15) is 11.3 Å². The van der Waals surface area contributed by atoms with Crippen molar-refractivity contribution < 1.29 is 9.47 Å². The third kappa shape index (κ3) is 3.95. The molecule has 1 aromatic carbocycles. The van der Waals surface area contributed by atoms with Gasteiger partial charge in [0.15, 0.2) is 0 Å². The highest BCUT2D eigenvalue weighted by molar-refractivity contribution is 9.10. The molecule has 20 heavy (non-hydrogen) atoms. The van der Waals surface area contributed by atoms with Gasteiger partial charge < -0.3 is 14.8 Å². The molecule has 106 valence electrons. The lowest BCUT2D eigenvalue weighted by Crippen LogP contribution is -2.06. The monoisotopic (exact) mass is 336 g/mol. The molecule has 2 rings (SSSR count). The number of pyridine rings is 1. The van der Waals surface area contributed by atoms with Crippen LogP contribution in [0.25, 0.3) is 0 Å². The van der Waals surface area contributed by atoms with Crippen molar-refractivity contribution in [2.75, 3.05) is 14.2 Å². The SMILES string of the molecule is CNCc1ccc(OCc2ccc(OC)c(Br)c2)cn1. The smallest absolute Gasteiger partial charge is 0.138 e. The minimum Gasteiger partial charge on any atom is -0.496 e. The minimum atomic E-state index is 0.496. The van der Waals surface area contributed by atoms with Crippen molar-refractivity contribution in [3.8, 4) is 11.5 Å². The molecule has 0 atom stereocenters. The summed E-state index contributed by atoms with van der Waals surface area (Å²) in [6, 6.07) is 9.76. The van der Waals surface area contributed by atoms with E-state index in [1.807, 2.05) is 37.4 Å². The Bertz CT molecular complexity index is 558. The average molecular weight is 337 g/mol. The fourth-order valence-electron chi connectivity index (χ4n) is 1.75. The van der Waals surface area contributed by atoms with Crippen LogP contribution in [0.4, 0.5) is 0 Å². The molecule has 0 saturated heterocycles. The van der Waals surface area contributed by atoms with E-state index in [2.05, 4.69) is 26.2 Å². The summed E-state index contributed by atoms with van der Waals surface area (Å²) in [6.45, 7) is 1.25. The van der Waals surface area contributed by atoms with E-state index in [-0.39, 0.29) is 0 Å². The summed E-state index contributed by atoms with van der Waals surface area (Å²) in [5, 5.41) is 3.06. The molecule has 0 saturated carbocycles. The third-order valence-corrected chi connectivity index (χ3v) is 3.40. The lowest BCUT2D eigenvalue weighted by molar-refractivity contribution is 0.304. The molecule has 2 aromatic rings. The van der Waals surface area contributed by atoms with E-state index in [1.165, 1.54) is 0 Å². The van der Waals surface area contributed by atoms with Crippen molar-refractivity contribution in [1.82, 2.24) is 10.3 Å². The molecule has 4 nitrogen and oxygen atoms in total. The second-order valence-corrected chi connectivity index (χ2v) is 5.13. The minimum absolute atomic E-state index is 0.496. The predicted molar refractivity (Wildman–Crippen MR) is 82.0 cm³/mol. The number of hydrogen-bond donors (Lipinski definition) is 1. The van der Waals surface area contributed by atoms with Crippen molar-refractivity contribution in [3.05, 3.63) is 52.3 Å². The van der Waals surface area contributed by atoms with E-state index in [1.54, 1.807) is 13.3 Å². The van der Waals surface area contributed by atoms with Crippen LogP contribution in [0.5, 0.6) is 11.5 Å². The standard InChI is InChI=1S/C15H17BrN2O2/c1-17-8-12-4-5-13(9-18-12)20-10-11-3-6-15(19-2)14(16)7-11/h3-7,9,17H,8,10H2,1-2H3. The molecule has 1 aromatic heterocycles. The van der Waals surface area contributed by atoms with Gasteiger partial charge in [0.25, 0.3) is 0 Å². The number of aromatic nitrogens is 1. The summed E-state index contributed by atoms with van der Waals surface area (Å²) >= 11 is 3.46. The molecule has 0 aliphatic rings. The zero-order valence-corrected chi connectivity index (χ0v) is 13.1. The molecule has 1 heterocycles. The van der Waals surface area contributed by atoms with Crippen molar-refractivity contribution in [2.45, 2.75) is 13.2 Å². The Morgan fingerprint density at radius 1 is 1.25 bits per heavy atom. The molecule has 5 heteroatoms. The molecule has 0 fully saturated rings. The first-order valence-electron chi connectivity index (χ1n) is 6.27. The Kier molecular flexibility index (Phi) is 5.38. The van der Waals surface area contributed by atoms with Gasteiger partial charge in [-0.15, -0.1) is 0 Å². The number of hydrogen-bond acceptors (Lipinski definition) is 4. The summed E-state index contributed by atoms with van der Waals surface area (Å²) in [4.78, 5) is 4.31. The Labute approximate surface area is 127 Å². The highest BCUT2D eigenvalue weighted by atomic mass is 79.9. The van der Waals surface area contributed by atoms with Crippen LogP contribution in [-0.4, -0.2) is 19.1 Å². The normalized spacial score (nSPS) is 10.3. The first-order chi connectivity index (χ1) is 9.72. The zero-order chi connectivity index (χ0) is 14.4. The summed E-state index contributed by atoms with van der Waals surface area (Å²) in [7, 11) is 3.54. The predicted octanol–water partition coefficient (Wildman–Crippen LogP) is 3.15. The van der Waals surface area contributed by atoms with E-state index < -0.39 is 0 Å². The van der Waals surface area contributed by atoms with Gasteiger partial charge >= 0.3 is 0 Å². The molecule has 0 spiro atoms. The molecule has 1 N–H and O–H groups in total. The van der Waals surface area contributed by atoms with Crippen LogP contribution in [-0.2, 0) is 13.2 Å². The number of nitrogens with one attached hydrogen (secondary N) is 1. The van der Waals surface area contributed by atoms with E-state index in [4.69, 9.17) is 9.47 Å². The summed E-state index contributed by atoms with van der Waals surface area (Å²) in [5.41, 5.74) is 2.06. The number of benzene rings is 1. The first-order valence-corrected chi connectivity index (χ1v) is 7.07. The second-order valence-electron chi connectivity index (χ2n) is 4.27. The first kappa shape index (κ1) is 14.8. The van der Waals surface area contributed by atoms with Crippen LogP contribution in [0.15, 0.2) is 41.0 Å². The average Bonchev–Trinajstić information content (AvgIpc) is 2.47. The second kappa shape index (κ2) is 7.26. The van der Waals surface area contributed by atoms with Gasteiger partial charge in [0.2, 0.25) is 0 Å².